The highest BCUT2D eigenvalue weighted by Gasteiger charge is 2.22. The summed E-state index contributed by atoms with van der Waals surface area (Å²) in [6, 6.07) is 9.69. The maximum Gasteiger partial charge on any atom is 0.175 e. The summed E-state index contributed by atoms with van der Waals surface area (Å²) in [7, 11) is 0. The van der Waals surface area contributed by atoms with E-state index in [1.54, 1.807) is 0 Å². The quantitative estimate of drug-likeness (QED) is 0.442. The molecule has 0 bridgehead atoms. The molecule has 0 aliphatic heterocycles. The van der Waals surface area contributed by atoms with Crippen molar-refractivity contribution in [3.05, 3.63) is 35.9 Å². The minimum Gasteiger partial charge on any atom is -0.293 e. The van der Waals surface area contributed by atoms with Crippen LogP contribution in [0.1, 0.15) is 48.9 Å². The second-order valence-electron chi connectivity index (χ2n) is 4.94. The fourth-order valence-electron chi connectivity index (χ4n) is 2.61. The van der Waals surface area contributed by atoms with Crippen molar-refractivity contribution < 1.29 is 4.79 Å². The van der Waals surface area contributed by atoms with Gasteiger partial charge in [-0.2, -0.15) is 0 Å². The van der Waals surface area contributed by atoms with Crippen molar-refractivity contribution in [2.24, 2.45) is 5.92 Å². The van der Waals surface area contributed by atoms with Gasteiger partial charge in [0.25, 0.3) is 0 Å². The van der Waals surface area contributed by atoms with Crippen LogP contribution in [0.5, 0.6) is 0 Å². The van der Waals surface area contributed by atoms with Crippen molar-refractivity contribution in [1.82, 2.24) is 0 Å². The lowest BCUT2D eigenvalue weighted by Crippen LogP contribution is -2.19. The number of ketones is 1. The lowest BCUT2D eigenvalue weighted by Gasteiger charge is -2.23. The number of hydrogen-bond acceptors (Lipinski definition) is 1. The van der Waals surface area contributed by atoms with E-state index in [4.69, 9.17) is 0 Å². The molecule has 0 aromatic heterocycles. The van der Waals surface area contributed by atoms with Gasteiger partial charge in [-0.1, -0.05) is 85.0 Å². The van der Waals surface area contributed by atoms with Crippen molar-refractivity contribution in [1.29, 1.82) is 0 Å². The third-order valence-electron chi connectivity index (χ3n) is 3.61. The van der Waals surface area contributed by atoms with E-state index in [2.05, 4.69) is 22.6 Å². The Bertz CT molecular complexity index is 354. The van der Waals surface area contributed by atoms with E-state index in [-0.39, 0.29) is 3.92 Å². The van der Waals surface area contributed by atoms with Crippen LogP contribution in [0.2, 0.25) is 0 Å². The zero-order valence-electron chi connectivity index (χ0n) is 10.1. The fourth-order valence-corrected chi connectivity index (χ4v) is 3.68. The highest BCUT2D eigenvalue weighted by molar-refractivity contribution is 14.1. The Balaban J connectivity index is 1.91. The maximum absolute atomic E-state index is 12.2. The van der Waals surface area contributed by atoms with Gasteiger partial charge in [0.2, 0.25) is 0 Å². The van der Waals surface area contributed by atoms with E-state index in [0.717, 1.165) is 17.9 Å². The summed E-state index contributed by atoms with van der Waals surface area (Å²) in [4.78, 5) is 12.2. The summed E-state index contributed by atoms with van der Waals surface area (Å²) in [6.45, 7) is 0. The molecule has 2 heteroatoms. The Morgan fingerprint density at radius 2 is 1.82 bits per heavy atom. The maximum atomic E-state index is 12.2. The molecule has 92 valence electrons. The molecule has 1 atom stereocenters. The molecule has 0 heterocycles. The smallest absolute Gasteiger partial charge is 0.175 e. The zero-order valence-corrected chi connectivity index (χ0v) is 12.2. The number of halogens is 1. The Morgan fingerprint density at radius 3 is 2.47 bits per heavy atom. The number of alkyl halides is 1. The molecule has 1 aromatic carbocycles. The lowest BCUT2D eigenvalue weighted by molar-refractivity contribution is 0.0983. The van der Waals surface area contributed by atoms with Crippen LogP contribution in [0.4, 0.5) is 0 Å². The Morgan fingerprint density at radius 1 is 1.18 bits per heavy atom. The molecule has 0 saturated heterocycles. The van der Waals surface area contributed by atoms with Gasteiger partial charge in [0.1, 0.15) is 0 Å². The summed E-state index contributed by atoms with van der Waals surface area (Å²) in [5.74, 6) is 1.08. The third kappa shape index (κ3) is 3.80. The average molecular weight is 342 g/mol. The summed E-state index contributed by atoms with van der Waals surface area (Å²) < 4.78 is 0.151. The fraction of sp³-hybridized carbons (Fsp3) is 0.533. The third-order valence-corrected chi connectivity index (χ3v) is 4.68. The molecule has 1 nitrogen and oxygen atoms in total. The van der Waals surface area contributed by atoms with Gasteiger partial charge in [-0.25, -0.2) is 0 Å². The molecule has 1 aliphatic carbocycles. The Hall–Kier alpha value is -0.380. The summed E-state index contributed by atoms with van der Waals surface area (Å²) in [5.41, 5.74) is 0.864. The highest BCUT2D eigenvalue weighted by atomic mass is 127. The normalized spacial score (nSPS) is 18.9. The molecule has 0 amide bonds. The van der Waals surface area contributed by atoms with Crippen molar-refractivity contribution in [2.45, 2.75) is 42.4 Å². The molecule has 1 aromatic rings. The van der Waals surface area contributed by atoms with Gasteiger partial charge < -0.3 is 0 Å². The van der Waals surface area contributed by atoms with Gasteiger partial charge in [0.05, 0.1) is 3.92 Å². The van der Waals surface area contributed by atoms with Crippen LogP contribution < -0.4 is 0 Å². The predicted octanol–water partition coefficient (Wildman–Crippen LogP) is 4.64. The van der Waals surface area contributed by atoms with Gasteiger partial charge in [0, 0.05) is 5.56 Å². The van der Waals surface area contributed by atoms with E-state index >= 15 is 0 Å². The van der Waals surface area contributed by atoms with Crippen LogP contribution in [-0.4, -0.2) is 9.71 Å². The van der Waals surface area contributed by atoms with E-state index in [1.165, 1.54) is 32.1 Å². The van der Waals surface area contributed by atoms with Gasteiger partial charge in [-0.15, -0.1) is 0 Å². The number of rotatable bonds is 4. The lowest BCUT2D eigenvalue weighted by atomic mass is 9.85. The molecular formula is C15H19IO. The molecule has 2 rings (SSSR count). The molecule has 17 heavy (non-hydrogen) atoms. The Labute approximate surface area is 117 Å². The van der Waals surface area contributed by atoms with E-state index < -0.39 is 0 Å². The molecule has 1 fully saturated rings. The van der Waals surface area contributed by atoms with Crippen LogP contribution >= 0.6 is 22.6 Å². The van der Waals surface area contributed by atoms with Crippen molar-refractivity contribution in [2.75, 3.05) is 0 Å². The number of carbonyl (C=O) groups is 1. The SMILES string of the molecule is O=C(c1ccccc1)C(I)CC1CCCCC1. The number of hydrogen-bond donors (Lipinski definition) is 0. The van der Waals surface area contributed by atoms with Gasteiger partial charge in [-0.3, -0.25) is 4.79 Å². The van der Waals surface area contributed by atoms with Gasteiger partial charge in [0.15, 0.2) is 5.78 Å². The number of benzene rings is 1. The van der Waals surface area contributed by atoms with Crippen LogP contribution in [0, 0.1) is 5.92 Å². The Kier molecular flexibility index (Phi) is 5.01. The first-order chi connectivity index (χ1) is 8.27. The van der Waals surface area contributed by atoms with Crippen LogP contribution in [0.15, 0.2) is 30.3 Å². The molecule has 0 N–H and O–H groups in total. The molecule has 0 spiro atoms. The standard InChI is InChI=1S/C15H19IO/c16-14(11-12-7-3-1-4-8-12)15(17)13-9-5-2-6-10-13/h2,5-6,9-10,12,14H,1,3-4,7-8,11H2. The zero-order chi connectivity index (χ0) is 12.1. The van der Waals surface area contributed by atoms with E-state index in [1.807, 2.05) is 30.3 Å². The largest absolute Gasteiger partial charge is 0.293 e. The van der Waals surface area contributed by atoms with Crippen molar-refractivity contribution in [3.8, 4) is 0 Å². The van der Waals surface area contributed by atoms with Crippen molar-refractivity contribution >= 4 is 28.4 Å². The van der Waals surface area contributed by atoms with Crippen LogP contribution in [-0.2, 0) is 0 Å². The molecular weight excluding hydrogens is 323 g/mol. The molecule has 0 radical (unpaired) electrons. The predicted molar refractivity (Wildman–Crippen MR) is 79.8 cm³/mol. The highest BCUT2D eigenvalue weighted by Crippen LogP contribution is 2.30. The van der Waals surface area contributed by atoms with Gasteiger partial charge >= 0.3 is 0 Å². The minimum absolute atomic E-state index is 0.151. The molecule has 1 saturated carbocycles. The second kappa shape index (κ2) is 6.53. The van der Waals surface area contributed by atoms with Crippen molar-refractivity contribution in [3.63, 3.8) is 0 Å². The molecule has 1 aliphatic rings. The second-order valence-corrected chi connectivity index (χ2v) is 6.44. The first kappa shape index (κ1) is 13.1. The first-order valence-electron chi connectivity index (χ1n) is 6.50. The summed E-state index contributed by atoms with van der Waals surface area (Å²) in [6.07, 6.45) is 7.80. The number of carbonyl (C=O) groups excluding carboxylic acids is 1. The average Bonchev–Trinajstić information content (AvgIpc) is 2.40. The van der Waals surface area contributed by atoms with Crippen LogP contribution in [0.3, 0.4) is 0 Å². The number of Topliss-reactive ketones (excluding diaryl/α,β-unsaturated/α-hetero) is 1. The summed E-state index contributed by atoms with van der Waals surface area (Å²) >= 11 is 2.32. The molecule has 1 unspecified atom stereocenters. The summed E-state index contributed by atoms with van der Waals surface area (Å²) in [5, 5.41) is 0. The monoisotopic (exact) mass is 342 g/mol. The van der Waals surface area contributed by atoms with E-state index in [0.29, 0.717) is 5.78 Å². The van der Waals surface area contributed by atoms with Crippen LogP contribution in [0.25, 0.3) is 0 Å². The topological polar surface area (TPSA) is 17.1 Å². The van der Waals surface area contributed by atoms with Gasteiger partial charge in [-0.05, 0) is 12.3 Å². The van der Waals surface area contributed by atoms with E-state index in [9.17, 15) is 4.79 Å². The minimum atomic E-state index is 0.151. The first-order valence-corrected chi connectivity index (χ1v) is 7.75.